The Bertz CT molecular complexity index is 1070. The van der Waals surface area contributed by atoms with Crippen LogP contribution in [0.3, 0.4) is 0 Å². The second-order valence-electron chi connectivity index (χ2n) is 6.76. The molecule has 4 rings (SSSR count). The van der Waals surface area contributed by atoms with Crippen molar-refractivity contribution in [2.24, 2.45) is 0 Å². The zero-order chi connectivity index (χ0) is 21.6. The fourth-order valence-electron chi connectivity index (χ4n) is 3.44. The van der Waals surface area contributed by atoms with Crippen LogP contribution in [0.5, 0.6) is 0 Å². The molecule has 1 aliphatic heterocycles. The number of alkyl halides is 6. The molecule has 0 spiro atoms. The zero-order valence-corrected chi connectivity index (χ0v) is 18.7. The lowest BCUT2D eigenvalue weighted by Gasteiger charge is -2.37. The molecule has 1 saturated heterocycles. The van der Waals surface area contributed by atoms with Crippen LogP contribution in [-0.2, 0) is 6.18 Å². The number of rotatable bonds is 3. The SMILES string of the molecule is FC(F)c1cc(C2CN(c3ncc(C(F)(F)F)cc3Br)CCC2I)n2ncnc2n1. The summed E-state index contributed by atoms with van der Waals surface area (Å²) in [5.74, 6) is 0.215. The molecule has 6 nitrogen and oxygen atoms in total. The van der Waals surface area contributed by atoms with Crippen LogP contribution < -0.4 is 4.90 Å². The molecule has 3 aromatic heterocycles. The van der Waals surface area contributed by atoms with E-state index in [1.165, 1.54) is 16.9 Å². The molecule has 30 heavy (non-hydrogen) atoms. The van der Waals surface area contributed by atoms with Gasteiger partial charge in [0.05, 0.1) is 15.7 Å². The number of fused-ring (bicyclic) bond motifs is 1. The minimum Gasteiger partial charge on any atom is -0.355 e. The smallest absolute Gasteiger partial charge is 0.355 e. The first-order chi connectivity index (χ1) is 14.1. The van der Waals surface area contributed by atoms with Crippen LogP contribution in [0.25, 0.3) is 5.78 Å². The van der Waals surface area contributed by atoms with E-state index in [2.05, 4.69) is 58.6 Å². The van der Waals surface area contributed by atoms with Crippen molar-refractivity contribution in [1.82, 2.24) is 24.6 Å². The van der Waals surface area contributed by atoms with E-state index in [1.807, 2.05) is 4.90 Å². The van der Waals surface area contributed by atoms with E-state index >= 15 is 0 Å². The summed E-state index contributed by atoms with van der Waals surface area (Å²) in [6, 6.07) is 2.31. The van der Waals surface area contributed by atoms with E-state index in [0.717, 1.165) is 12.3 Å². The van der Waals surface area contributed by atoms with E-state index < -0.39 is 18.2 Å². The molecule has 1 aliphatic rings. The van der Waals surface area contributed by atoms with Crippen LogP contribution in [0.1, 0.15) is 35.7 Å². The molecule has 1 fully saturated rings. The number of aromatic nitrogens is 5. The summed E-state index contributed by atoms with van der Waals surface area (Å²) in [5.41, 5.74) is -0.710. The molecule has 2 unspecified atom stereocenters. The van der Waals surface area contributed by atoms with Crippen LogP contribution in [0.4, 0.5) is 27.8 Å². The van der Waals surface area contributed by atoms with Gasteiger partial charge in [0.15, 0.2) is 0 Å². The molecule has 160 valence electrons. The van der Waals surface area contributed by atoms with Crippen molar-refractivity contribution in [3.63, 3.8) is 0 Å². The Morgan fingerprint density at radius 2 is 1.97 bits per heavy atom. The summed E-state index contributed by atoms with van der Waals surface area (Å²) < 4.78 is 67.2. The first-order valence-electron chi connectivity index (χ1n) is 8.75. The number of piperidine rings is 1. The van der Waals surface area contributed by atoms with E-state index in [-0.39, 0.29) is 25.8 Å². The van der Waals surface area contributed by atoms with Gasteiger partial charge in [-0.3, -0.25) is 0 Å². The van der Waals surface area contributed by atoms with Crippen LogP contribution in [0, 0.1) is 0 Å². The zero-order valence-electron chi connectivity index (χ0n) is 15.0. The van der Waals surface area contributed by atoms with Gasteiger partial charge in [0, 0.05) is 29.1 Å². The molecular formula is C17H13BrF5IN6. The average molecular weight is 603 g/mol. The van der Waals surface area contributed by atoms with Crippen LogP contribution >= 0.6 is 38.5 Å². The molecule has 0 aliphatic carbocycles. The fraction of sp³-hybridized carbons (Fsp3) is 0.412. The van der Waals surface area contributed by atoms with Gasteiger partial charge in [-0.05, 0) is 34.5 Å². The van der Waals surface area contributed by atoms with Gasteiger partial charge in [-0.25, -0.2) is 23.3 Å². The predicted octanol–water partition coefficient (Wildman–Crippen LogP) is 5.04. The quantitative estimate of drug-likeness (QED) is 0.239. The van der Waals surface area contributed by atoms with Crippen LogP contribution in [0.2, 0.25) is 0 Å². The average Bonchev–Trinajstić information content (AvgIpc) is 3.16. The first kappa shape index (κ1) is 21.6. The number of nitrogens with zero attached hydrogens (tertiary/aromatic N) is 6. The third kappa shape index (κ3) is 4.09. The summed E-state index contributed by atoms with van der Waals surface area (Å²) >= 11 is 5.45. The van der Waals surface area contributed by atoms with Crippen molar-refractivity contribution in [3.05, 3.63) is 46.1 Å². The fourth-order valence-corrected chi connectivity index (χ4v) is 4.92. The van der Waals surface area contributed by atoms with Crippen molar-refractivity contribution in [2.45, 2.75) is 28.9 Å². The molecule has 0 amide bonds. The lowest BCUT2D eigenvalue weighted by atomic mass is 9.94. The topological polar surface area (TPSA) is 59.2 Å². The lowest BCUT2D eigenvalue weighted by molar-refractivity contribution is -0.137. The van der Waals surface area contributed by atoms with E-state index in [9.17, 15) is 22.0 Å². The largest absolute Gasteiger partial charge is 0.417 e. The number of anilines is 1. The van der Waals surface area contributed by atoms with E-state index in [4.69, 9.17) is 0 Å². The van der Waals surface area contributed by atoms with Gasteiger partial charge < -0.3 is 4.90 Å². The maximum absolute atomic E-state index is 13.3. The molecule has 0 aromatic carbocycles. The van der Waals surface area contributed by atoms with Crippen molar-refractivity contribution in [1.29, 1.82) is 0 Å². The highest BCUT2D eigenvalue weighted by atomic mass is 127. The third-order valence-electron chi connectivity index (χ3n) is 4.88. The second kappa shape index (κ2) is 8.13. The summed E-state index contributed by atoms with van der Waals surface area (Å²) in [6.45, 7) is 0.931. The normalized spacial score (nSPS) is 20.3. The van der Waals surface area contributed by atoms with Gasteiger partial charge in [-0.15, -0.1) is 0 Å². The Balaban J connectivity index is 1.70. The predicted molar refractivity (Wildman–Crippen MR) is 110 cm³/mol. The van der Waals surface area contributed by atoms with Gasteiger partial charge in [0.2, 0.25) is 0 Å². The Hall–Kier alpha value is -1.64. The summed E-state index contributed by atoms with van der Waals surface area (Å²) in [6.07, 6.45) is -4.53. The third-order valence-corrected chi connectivity index (χ3v) is 6.95. The Morgan fingerprint density at radius 1 is 1.20 bits per heavy atom. The number of halogens is 7. The number of hydrogen-bond donors (Lipinski definition) is 0. The summed E-state index contributed by atoms with van der Waals surface area (Å²) in [5, 5.41) is 4.11. The molecule has 13 heteroatoms. The Morgan fingerprint density at radius 3 is 2.63 bits per heavy atom. The van der Waals surface area contributed by atoms with Crippen molar-refractivity contribution < 1.29 is 22.0 Å². The Labute approximate surface area is 189 Å². The first-order valence-corrected chi connectivity index (χ1v) is 10.8. The van der Waals surface area contributed by atoms with Crippen molar-refractivity contribution in [3.8, 4) is 0 Å². The van der Waals surface area contributed by atoms with Crippen molar-refractivity contribution >= 4 is 50.1 Å². The van der Waals surface area contributed by atoms with Crippen molar-refractivity contribution in [2.75, 3.05) is 18.0 Å². The van der Waals surface area contributed by atoms with Gasteiger partial charge in [0.1, 0.15) is 17.8 Å². The van der Waals surface area contributed by atoms with Gasteiger partial charge in [-0.1, -0.05) is 22.6 Å². The minimum absolute atomic E-state index is 0.0809. The van der Waals surface area contributed by atoms with Gasteiger partial charge >= 0.3 is 6.18 Å². The molecule has 0 N–H and O–H groups in total. The highest BCUT2D eigenvalue weighted by Gasteiger charge is 2.35. The molecule has 0 radical (unpaired) electrons. The second-order valence-corrected chi connectivity index (χ2v) is 9.22. The van der Waals surface area contributed by atoms with Crippen LogP contribution in [-0.4, -0.2) is 41.6 Å². The molecule has 3 aromatic rings. The number of pyridine rings is 1. The molecule has 0 saturated carbocycles. The highest BCUT2D eigenvalue weighted by Crippen LogP contribution is 2.38. The standard InChI is InChI=1S/C17H13BrF5IN6/c18-10-3-8(17(21,22)23)5-25-15(10)29-2-1-11(24)9(6-29)13-4-12(14(19)20)28-16-26-7-27-30(13)16/h3-5,7,9,11,14H,1-2,6H2. The maximum Gasteiger partial charge on any atom is 0.417 e. The minimum atomic E-state index is -4.49. The van der Waals surface area contributed by atoms with E-state index in [1.54, 1.807) is 0 Å². The monoisotopic (exact) mass is 602 g/mol. The summed E-state index contributed by atoms with van der Waals surface area (Å²) in [4.78, 5) is 13.6. The molecule has 0 bridgehead atoms. The molecule has 2 atom stereocenters. The molecular weight excluding hydrogens is 590 g/mol. The molecule has 4 heterocycles. The van der Waals surface area contributed by atoms with Gasteiger partial charge in [0.25, 0.3) is 12.2 Å². The Kier molecular flexibility index (Phi) is 5.85. The van der Waals surface area contributed by atoms with E-state index in [0.29, 0.717) is 31.0 Å². The lowest BCUT2D eigenvalue weighted by Crippen LogP contribution is -2.41. The van der Waals surface area contributed by atoms with Gasteiger partial charge in [-0.2, -0.15) is 23.3 Å². The summed E-state index contributed by atoms with van der Waals surface area (Å²) in [7, 11) is 0. The maximum atomic E-state index is 13.3. The highest BCUT2D eigenvalue weighted by molar-refractivity contribution is 14.1. The van der Waals surface area contributed by atoms with Crippen LogP contribution in [0.15, 0.2) is 29.1 Å². The number of hydrogen-bond acceptors (Lipinski definition) is 5.